The standard InChI is InChI=1S/C18H39NS/c1-4-6-7-8-9-10-11-12-13-14-16-19-18(3)15-17-20-5-2/h18-19H,4-17H2,1-3H3. The van der Waals surface area contributed by atoms with Gasteiger partial charge >= 0.3 is 0 Å². The molecule has 0 bridgehead atoms. The molecule has 1 nitrogen and oxygen atoms in total. The predicted molar refractivity (Wildman–Crippen MR) is 96.9 cm³/mol. The molecular weight excluding hydrogens is 262 g/mol. The van der Waals surface area contributed by atoms with Gasteiger partial charge in [0.1, 0.15) is 0 Å². The number of rotatable bonds is 16. The van der Waals surface area contributed by atoms with E-state index >= 15 is 0 Å². The molecule has 0 aliphatic carbocycles. The third-order valence-corrected chi connectivity index (χ3v) is 4.86. The van der Waals surface area contributed by atoms with Gasteiger partial charge in [-0.05, 0) is 37.8 Å². The van der Waals surface area contributed by atoms with Crippen molar-refractivity contribution in [2.24, 2.45) is 0 Å². The highest BCUT2D eigenvalue weighted by molar-refractivity contribution is 7.99. The van der Waals surface area contributed by atoms with Gasteiger partial charge in [-0.3, -0.25) is 0 Å². The summed E-state index contributed by atoms with van der Waals surface area (Å²) in [6, 6.07) is 0.701. The van der Waals surface area contributed by atoms with E-state index in [9.17, 15) is 0 Å². The maximum atomic E-state index is 3.65. The average molecular weight is 302 g/mol. The largest absolute Gasteiger partial charge is 0.314 e. The van der Waals surface area contributed by atoms with E-state index in [1.54, 1.807) is 0 Å². The molecule has 1 unspecified atom stereocenters. The maximum Gasteiger partial charge on any atom is 0.00465 e. The minimum atomic E-state index is 0.701. The van der Waals surface area contributed by atoms with Gasteiger partial charge in [-0.2, -0.15) is 11.8 Å². The van der Waals surface area contributed by atoms with Crippen molar-refractivity contribution in [1.29, 1.82) is 0 Å². The van der Waals surface area contributed by atoms with Gasteiger partial charge in [-0.25, -0.2) is 0 Å². The van der Waals surface area contributed by atoms with Gasteiger partial charge in [0.05, 0.1) is 0 Å². The molecule has 0 heterocycles. The Kier molecular flexibility index (Phi) is 17.6. The zero-order valence-electron chi connectivity index (χ0n) is 14.4. The van der Waals surface area contributed by atoms with E-state index in [1.165, 1.54) is 88.7 Å². The Hall–Kier alpha value is 0.310. The van der Waals surface area contributed by atoms with Crippen LogP contribution in [-0.2, 0) is 0 Å². The zero-order chi connectivity index (χ0) is 14.9. The second-order valence-corrected chi connectivity index (χ2v) is 7.42. The van der Waals surface area contributed by atoms with Crippen LogP contribution in [0.25, 0.3) is 0 Å². The van der Waals surface area contributed by atoms with Gasteiger partial charge in [-0.15, -0.1) is 0 Å². The van der Waals surface area contributed by atoms with Crippen molar-refractivity contribution in [1.82, 2.24) is 5.32 Å². The summed E-state index contributed by atoms with van der Waals surface area (Å²) < 4.78 is 0. The molecule has 0 saturated carbocycles. The minimum Gasteiger partial charge on any atom is -0.314 e. The number of hydrogen-bond acceptors (Lipinski definition) is 2. The lowest BCUT2D eigenvalue weighted by atomic mass is 10.1. The molecule has 0 aromatic carbocycles. The van der Waals surface area contributed by atoms with Crippen LogP contribution in [0, 0.1) is 0 Å². The normalized spacial score (nSPS) is 12.8. The number of nitrogens with one attached hydrogen (secondary N) is 1. The van der Waals surface area contributed by atoms with Gasteiger partial charge in [-0.1, -0.05) is 71.6 Å². The molecule has 1 N–H and O–H groups in total. The molecule has 0 amide bonds. The summed E-state index contributed by atoms with van der Waals surface area (Å²) in [6.45, 7) is 8.07. The third kappa shape index (κ3) is 16.4. The monoisotopic (exact) mass is 301 g/mol. The number of unbranched alkanes of at least 4 members (excludes halogenated alkanes) is 9. The zero-order valence-corrected chi connectivity index (χ0v) is 15.2. The van der Waals surface area contributed by atoms with Crippen LogP contribution in [0.2, 0.25) is 0 Å². The first kappa shape index (κ1) is 20.3. The Labute approximate surface area is 133 Å². The van der Waals surface area contributed by atoms with Crippen LogP contribution in [0.1, 0.15) is 91.4 Å². The molecule has 20 heavy (non-hydrogen) atoms. The highest BCUT2D eigenvalue weighted by Gasteiger charge is 2.00. The Balaban J connectivity index is 3.05. The van der Waals surface area contributed by atoms with Gasteiger partial charge in [0.25, 0.3) is 0 Å². The second-order valence-electron chi connectivity index (χ2n) is 6.02. The minimum absolute atomic E-state index is 0.701. The smallest absolute Gasteiger partial charge is 0.00465 e. The van der Waals surface area contributed by atoms with Crippen LogP contribution in [0.4, 0.5) is 0 Å². The topological polar surface area (TPSA) is 12.0 Å². The molecule has 0 rings (SSSR count). The molecule has 122 valence electrons. The van der Waals surface area contributed by atoms with Gasteiger partial charge in [0.2, 0.25) is 0 Å². The summed E-state index contributed by atoms with van der Waals surface area (Å²) in [7, 11) is 0. The van der Waals surface area contributed by atoms with Gasteiger partial charge < -0.3 is 5.32 Å². The molecule has 0 fully saturated rings. The summed E-state index contributed by atoms with van der Waals surface area (Å²) in [5.74, 6) is 2.56. The van der Waals surface area contributed by atoms with Gasteiger partial charge in [0, 0.05) is 6.04 Å². The SMILES string of the molecule is CCCCCCCCCCCCNC(C)CCSCC. The highest BCUT2D eigenvalue weighted by Crippen LogP contribution is 2.10. The molecule has 0 radical (unpaired) electrons. The van der Waals surface area contributed by atoms with E-state index in [1.807, 2.05) is 0 Å². The molecule has 0 spiro atoms. The quantitative estimate of drug-likeness (QED) is 0.349. The first-order valence-electron chi connectivity index (χ1n) is 9.12. The number of thioether (sulfide) groups is 1. The van der Waals surface area contributed by atoms with E-state index in [0.29, 0.717) is 6.04 Å². The Morgan fingerprint density at radius 1 is 0.800 bits per heavy atom. The first-order chi connectivity index (χ1) is 9.81. The molecular formula is C18H39NS. The van der Waals surface area contributed by atoms with Crippen molar-refractivity contribution in [2.75, 3.05) is 18.1 Å². The van der Waals surface area contributed by atoms with E-state index in [0.717, 1.165) is 0 Å². The Bertz CT molecular complexity index is 173. The summed E-state index contributed by atoms with van der Waals surface area (Å²) in [5.41, 5.74) is 0. The summed E-state index contributed by atoms with van der Waals surface area (Å²) >= 11 is 2.06. The molecule has 0 aliphatic heterocycles. The molecule has 0 aromatic rings. The van der Waals surface area contributed by atoms with E-state index in [-0.39, 0.29) is 0 Å². The fourth-order valence-electron chi connectivity index (χ4n) is 2.47. The fraction of sp³-hybridized carbons (Fsp3) is 1.00. The lowest BCUT2D eigenvalue weighted by molar-refractivity contribution is 0.501. The van der Waals surface area contributed by atoms with Crippen molar-refractivity contribution in [3.8, 4) is 0 Å². The molecule has 2 heteroatoms. The van der Waals surface area contributed by atoms with Crippen LogP contribution in [0.5, 0.6) is 0 Å². The van der Waals surface area contributed by atoms with Crippen molar-refractivity contribution in [3.63, 3.8) is 0 Å². The van der Waals surface area contributed by atoms with Crippen molar-refractivity contribution in [2.45, 2.75) is 97.4 Å². The lowest BCUT2D eigenvalue weighted by Gasteiger charge is -2.13. The third-order valence-electron chi connectivity index (χ3n) is 3.92. The van der Waals surface area contributed by atoms with Crippen LogP contribution in [0.15, 0.2) is 0 Å². The predicted octanol–water partition coefficient (Wildman–Crippen LogP) is 6.03. The summed E-state index contributed by atoms with van der Waals surface area (Å²) in [4.78, 5) is 0. The Morgan fingerprint density at radius 2 is 1.35 bits per heavy atom. The van der Waals surface area contributed by atoms with Crippen molar-refractivity contribution in [3.05, 3.63) is 0 Å². The molecule has 0 saturated heterocycles. The summed E-state index contributed by atoms with van der Waals surface area (Å²) in [6.07, 6.45) is 15.6. The highest BCUT2D eigenvalue weighted by atomic mass is 32.2. The first-order valence-corrected chi connectivity index (χ1v) is 10.3. The molecule has 1 atom stereocenters. The fourth-order valence-corrected chi connectivity index (χ4v) is 3.28. The molecule has 0 aliphatic rings. The average Bonchev–Trinajstić information content (AvgIpc) is 2.45. The van der Waals surface area contributed by atoms with Crippen molar-refractivity contribution < 1.29 is 0 Å². The van der Waals surface area contributed by atoms with Crippen LogP contribution in [0.3, 0.4) is 0 Å². The van der Waals surface area contributed by atoms with Crippen LogP contribution < -0.4 is 5.32 Å². The van der Waals surface area contributed by atoms with Crippen LogP contribution in [-0.4, -0.2) is 24.1 Å². The van der Waals surface area contributed by atoms with Crippen LogP contribution >= 0.6 is 11.8 Å². The number of hydrogen-bond donors (Lipinski definition) is 1. The van der Waals surface area contributed by atoms with E-state index < -0.39 is 0 Å². The van der Waals surface area contributed by atoms with Crippen molar-refractivity contribution >= 4 is 11.8 Å². The van der Waals surface area contributed by atoms with E-state index in [2.05, 4.69) is 37.8 Å². The van der Waals surface area contributed by atoms with Gasteiger partial charge in [0.15, 0.2) is 0 Å². The van der Waals surface area contributed by atoms with E-state index in [4.69, 9.17) is 0 Å². The Morgan fingerprint density at radius 3 is 1.90 bits per heavy atom. The lowest BCUT2D eigenvalue weighted by Crippen LogP contribution is -2.27. The molecule has 0 aromatic heterocycles. The maximum absolute atomic E-state index is 3.65. The summed E-state index contributed by atoms with van der Waals surface area (Å²) in [5, 5.41) is 3.65. The second kappa shape index (κ2) is 17.4.